The molecule has 0 saturated carbocycles. The number of amides is 1. The van der Waals surface area contributed by atoms with Crippen molar-refractivity contribution in [2.75, 3.05) is 19.0 Å². The van der Waals surface area contributed by atoms with Crippen molar-refractivity contribution in [2.24, 2.45) is 0 Å². The van der Waals surface area contributed by atoms with Crippen molar-refractivity contribution in [3.8, 4) is 5.75 Å². The Balaban J connectivity index is 2.76. The number of hydrogen-bond donors (Lipinski definition) is 3. The molecule has 6 nitrogen and oxygen atoms in total. The van der Waals surface area contributed by atoms with Gasteiger partial charge in [-0.2, -0.15) is 0 Å². The Hall–Kier alpha value is -2.08. The maximum Gasteiger partial charge on any atom is 0.337 e. The maximum absolute atomic E-state index is 11.8. The molecule has 1 amide bonds. The standard InChI is InChI=1S/C14H20N2O4/c1-4-9(2)15-8-13(17)16-12-6-5-10(20-3)7-11(12)14(18)19/h5-7,9,15H,4,8H2,1-3H3,(H,16,17)(H,18,19). The minimum atomic E-state index is -1.12. The number of carbonyl (C=O) groups is 2. The Bertz CT molecular complexity index is 488. The molecule has 0 radical (unpaired) electrons. The minimum Gasteiger partial charge on any atom is -0.497 e. The molecule has 6 heteroatoms. The normalized spacial score (nSPS) is 11.8. The molecule has 0 spiro atoms. The quantitative estimate of drug-likeness (QED) is 0.708. The molecule has 0 aromatic heterocycles. The highest BCUT2D eigenvalue weighted by molar-refractivity contribution is 6.01. The van der Waals surface area contributed by atoms with E-state index in [4.69, 9.17) is 9.84 Å². The van der Waals surface area contributed by atoms with E-state index < -0.39 is 5.97 Å². The molecule has 1 aromatic carbocycles. The smallest absolute Gasteiger partial charge is 0.337 e. The van der Waals surface area contributed by atoms with Crippen molar-refractivity contribution >= 4 is 17.6 Å². The molecule has 1 rings (SSSR count). The number of carboxylic acids is 1. The van der Waals surface area contributed by atoms with Crippen LogP contribution in [0.3, 0.4) is 0 Å². The highest BCUT2D eigenvalue weighted by Gasteiger charge is 2.14. The lowest BCUT2D eigenvalue weighted by Gasteiger charge is -2.13. The average molecular weight is 280 g/mol. The van der Waals surface area contributed by atoms with Crippen molar-refractivity contribution in [3.05, 3.63) is 23.8 Å². The Morgan fingerprint density at radius 2 is 2.10 bits per heavy atom. The summed E-state index contributed by atoms with van der Waals surface area (Å²) in [5, 5.41) is 14.8. The number of ether oxygens (including phenoxy) is 1. The van der Waals surface area contributed by atoms with Crippen LogP contribution < -0.4 is 15.4 Å². The van der Waals surface area contributed by atoms with Gasteiger partial charge in [0.15, 0.2) is 0 Å². The SMILES string of the molecule is CCC(C)NCC(=O)Nc1ccc(OC)cc1C(=O)O. The zero-order valence-electron chi connectivity index (χ0n) is 11.9. The topological polar surface area (TPSA) is 87.7 Å². The van der Waals surface area contributed by atoms with Gasteiger partial charge in [0.1, 0.15) is 5.75 Å². The summed E-state index contributed by atoms with van der Waals surface area (Å²) in [5.41, 5.74) is 0.260. The third-order valence-electron chi connectivity index (χ3n) is 2.95. The molecule has 0 saturated heterocycles. The molecule has 1 unspecified atom stereocenters. The summed E-state index contributed by atoms with van der Waals surface area (Å²) >= 11 is 0. The zero-order chi connectivity index (χ0) is 15.1. The largest absolute Gasteiger partial charge is 0.497 e. The van der Waals surface area contributed by atoms with E-state index in [2.05, 4.69) is 10.6 Å². The predicted molar refractivity (Wildman–Crippen MR) is 76.3 cm³/mol. The number of methoxy groups -OCH3 is 1. The lowest BCUT2D eigenvalue weighted by molar-refractivity contribution is -0.115. The fourth-order valence-electron chi connectivity index (χ4n) is 1.54. The lowest BCUT2D eigenvalue weighted by Crippen LogP contribution is -2.34. The third kappa shape index (κ3) is 4.55. The molecule has 1 aromatic rings. The summed E-state index contributed by atoms with van der Waals surface area (Å²) in [6.45, 7) is 4.13. The molecule has 20 heavy (non-hydrogen) atoms. The number of nitrogens with one attached hydrogen (secondary N) is 2. The number of anilines is 1. The lowest BCUT2D eigenvalue weighted by atomic mass is 10.1. The Labute approximate surface area is 118 Å². The average Bonchev–Trinajstić information content (AvgIpc) is 2.44. The van der Waals surface area contributed by atoms with Crippen molar-refractivity contribution in [3.63, 3.8) is 0 Å². The molecule has 0 aliphatic rings. The van der Waals surface area contributed by atoms with Gasteiger partial charge in [-0.25, -0.2) is 4.79 Å². The molecule has 1 atom stereocenters. The van der Waals surface area contributed by atoms with Gasteiger partial charge in [0, 0.05) is 6.04 Å². The highest BCUT2D eigenvalue weighted by Crippen LogP contribution is 2.22. The Morgan fingerprint density at radius 3 is 2.65 bits per heavy atom. The first kappa shape index (κ1) is 16.0. The second kappa shape index (κ2) is 7.49. The Kier molecular flexibility index (Phi) is 5.99. The molecular formula is C14H20N2O4. The number of rotatable bonds is 7. The van der Waals surface area contributed by atoms with Gasteiger partial charge >= 0.3 is 5.97 Å². The van der Waals surface area contributed by atoms with Gasteiger partial charge in [0.2, 0.25) is 5.91 Å². The summed E-state index contributed by atoms with van der Waals surface area (Å²) in [5.74, 6) is -0.967. The van der Waals surface area contributed by atoms with E-state index in [1.165, 1.54) is 19.2 Å². The van der Waals surface area contributed by atoms with Gasteiger partial charge in [0.25, 0.3) is 0 Å². The van der Waals surface area contributed by atoms with E-state index in [1.54, 1.807) is 6.07 Å². The van der Waals surface area contributed by atoms with E-state index in [-0.39, 0.29) is 29.7 Å². The molecule has 0 aliphatic heterocycles. The summed E-state index contributed by atoms with van der Waals surface area (Å²) in [6.07, 6.45) is 0.913. The molecule has 3 N–H and O–H groups in total. The van der Waals surface area contributed by atoms with E-state index in [0.717, 1.165) is 6.42 Å². The van der Waals surface area contributed by atoms with Crippen LogP contribution in [0.1, 0.15) is 30.6 Å². The van der Waals surface area contributed by atoms with Crippen LogP contribution in [0.25, 0.3) is 0 Å². The first-order valence-electron chi connectivity index (χ1n) is 6.42. The van der Waals surface area contributed by atoms with Crippen LogP contribution in [0.5, 0.6) is 5.75 Å². The Morgan fingerprint density at radius 1 is 1.40 bits per heavy atom. The monoisotopic (exact) mass is 280 g/mol. The van der Waals surface area contributed by atoms with E-state index in [9.17, 15) is 9.59 Å². The molecule has 0 aliphatic carbocycles. The molecule has 0 heterocycles. The van der Waals surface area contributed by atoms with Crippen molar-refractivity contribution in [1.29, 1.82) is 0 Å². The second-order valence-corrected chi connectivity index (χ2v) is 4.46. The molecule has 110 valence electrons. The predicted octanol–water partition coefficient (Wildman–Crippen LogP) is 1.72. The van der Waals surface area contributed by atoms with Crippen molar-refractivity contribution < 1.29 is 19.4 Å². The van der Waals surface area contributed by atoms with Crippen LogP contribution in [0, 0.1) is 0 Å². The third-order valence-corrected chi connectivity index (χ3v) is 2.95. The van der Waals surface area contributed by atoms with Gasteiger partial charge < -0.3 is 20.5 Å². The summed E-state index contributed by atoms with van der Waals surface area (Å²) in [4.78, 5) is 22.9. The van der Waals surface area contributed by atoms with E-state index >= 15 is 0 Å². The van der Waals surface area contributed by atoms with Gasteiger partial charge in [-0.1, -0.05) is 6.92 Å². The van der Waals surface area contributed by atoms with Gasteiger partial charge in [-0.05, 0) is 31.5 Å². The van der Waals surface area contributed by atoms with Crippen LogP contribution in [-0.4, -0.2) is 36.7 Å². The highest BCUT2D eigenvalue weighted by atomic mass is 16.5. The number of aromatic carboxylic acids is 1. The number of carboxylic acid groups (broad SMARTS) is 1. The second-order valence-electron chi connectivity index (χ2n) is 4.46. The molecule has 0 bridgehead atoms. The van der Waals surface area contributed by atoms with Gasteiger partial charge in [-0.15, -0.1) is 0 Å². The van der Waals surface area contributed by atoms with E-state index in [1.807, 2.05) is 13.8 Å². The first-order valence-corrected chi connectivity index (χ1v) is 6.42. The summed E-state index contributed by atoms with van der Waals surface area (Å²) in [6, 6.07) is 4.73. The number of carbonyl (C=O) groups excluding carboxylic acids is 1. The van der Waals surface area contributed by atoms with Gasteiger partial charge in [-0.3, -0.25) is 4.79 Å². The number of hydrogen-bond acceptors (Lipinski definition) is 4. The fraction of sp³-hybridized carbons (Fsp3) is 0.429. The van der Waals surface area contributed by atoms with Crippen LogP contribution in [0.15, 0.2) is 18.2 Å². The number of benzene rings is 1. The molecular weight excluding hydrogens is 260 g/mol. The zero-order valence-corrected chi connectivity index (χ0v) is 11.9. The van der Waals surface area contributed by atoms with Crippen LogP contribution in [0.4, 0.5) is 5.69 Å². The van der Waals surface area contributed by atoms with Crippen LogP contribution in [0.2, 0.25) is 0 Å². The minimum absolute atomic E-state index is 0.00115. The van der Waals surface area contributed by atoms with Crippen LogP contribution in [-0.2, 0) is 4.79 Å². The summed E-state index contributed by atoms with van der Waals surface area (Å²) < 4.78 is 4.97. The van der Waals surface area contributed by atoms with Crippen molar-refractivity contribution in [1.82, 2.24) is 5.32 Å². The van der Waals surface area contributed by atoms with E-state index in [0.29, 0.717) is 5.75 Å². The van der Waals surface area contributed by atoms with Crippen molar-refractivity contribution in [2.45, 2.75) is 26.3 Å². The fourth-order valence-corrected chi connectivity index (χ4v) is 1.54. The first-order chi connectivity index (χ1) is 9.47. The van der Waals surface area contributed by atoms with Gasteiger partial charge in [0.05, 0.1) is 24.9 Å². The summed E-state index contributed by atoms with van der Waals surface area (Å²) in [7, 11) is 1.45. The molecule has 0 fully saturated rings. The van der Waals surface area contributed by atoms with Crippen LogP contribution >= 0.6 is 0 Å². The maximum atomic E-state index is 11.8.